The molecule has 0 spiro atoms. The summed E-state index contributed by atoms with van der Waals surface area (Å²) in [5.41, 5.74) is 4.42. The van der Waals surface area contributed by atoms with Crippen LogP contribution in [0.5, 0.6) is 0 Å². The minimum Gasteiger partial charge on any atom is -0.202 e. The zero-order valence-corrected chi connectivity index (χ0v) is 10.8. The van der Waals surface area contributed by atoms with E-state index in [9.17, 15) is 0 Å². The summed E-state index contributed by atoms with van der Waals surface area (Å²) < 4.78 is 2.29. The van der Waals surface area contributed by atoms with Crippen LogP contribution < -0.4 is 0 Å². The second-order valence-corrected chi connectivity index (χ2v) is 4.29. The summed E-state index contributed by atoms with van der Waals surface area (Å²) in [5, 5.41) is 0. The maximum absolute atomic E-state index is 2.29. The third kappa shape index (κ3) is 1.71. The highest BCUT2D eigenvalue weighted by Crippen LogP contribution is 2.38. The van der Waals surface area contributed by atoms with Crippen LogP contribution in [-0.4, -0.2) is 17.3 Å². The molecule has 1 aromatic rings. The van der Waals surface area contributed by atoms with E-state index in [0.717, 1.165) is 0 Å². The minimum absolute atomic E-state index is 0.200. The predicted octanol–water partition coefficient (Wildman–Crippen LogP) is 3.74. The molecular formula is C14H22N+. The first-order chi connectivity index (χ1) is 7.05. The number of hydrogen-bond donors (Lipinski definition) is 0. The monoisotopic (exact) mass is 204 g/mol. The lowest BCUT2D eigenvalue weighted by Gasteiger charge is -2.14. The Balaban J connectivity index is 0.000000531. The average Bonchev–Trinajstić information content (AvgIpc) is 2.45. The van der Waals surface area contributed by atoms with Gasteiger partial charge in [0.25, 0.3) is 0 Å². The van der Waals surface area contributed by atoms with E-state index in [2.05, 4.69) is 56.7 Å². The third-order valence-electron chi connectivity index (χ3n) is 3.35. The summed E-state index contributed by atoms with van der Waals surface area (Å²) in [5.74, 6) is 0. The zero-order valence-electron chi connectivity index (χ0n) is 10.8. The molecule has 2 rings (SSSR count). The molecule has 0 radical (unpaired) electrons. The Morgan fingerprint density at radius 1 is 1.07 bits per heavy atom. The first kappa shape index (κ1) is 12.0. The molecule has 0 amide bonds. The summed E-state index contributed by atoms with van der Waals surface area (Å²) in [6.45, 7) is 10.8. The Morgan fingerprint density at radius 2 is 1.60 bits per heavy atom. The fourth-order valence-corrected chi connectivity index (χ4v) is 2.09. The number of fused-ring (bicyclic) bond motifs is 1. The van der Waals surface area contributed by atoms with Crippen molar-refractivity contribution in [1.29, 1.82) is 0 Å². The van der Waals surface area contributed by atoms with Gasteiger partial charge in [-0.1, -0.05) is 32.0 Å². The molecule has 1 aliphatic heterocycles. The van der Waals surface area contributed by atoms with Crippen LogP contribution in [0.25, 0.3) is 0 Å². The Labute approximate surface area is 93.5 Å². The van der Waals surface area contributed by atoms with Crippen molar-refractivity contribution in [2.45, 2.75) is 40.0 Å². The molecule has 1 heteroatoms. The van der Waals surface area contributed by atoms with Crippen molar-refractivity contribution in [3.05, 3.63) is 29.8 Å². The second-order valence-electron chi connectivity index (χ2n) is 4.29. The van der Waals surface area contributed by atoms with E-state index in [0.29, 0.717) is 0 Å². The van der Waals surface area contributed by atoms with E-state index in [1.165, 1.54) is 17.0 Å². The van der Waals surface area contributed by atoms with Gasteiger partial charge in [-0.15, -0.1) is 0 Å². The van der Waals surface area contributed by atoms with E-state index < -0.39 is 0 Å². The van der Waals surface area contributed by atoms with Crippen LogP contribution >= 0.6 is 0 Å². The first-order valence-corrected chi connectivity index (χ1v) is 5.72. The van der Waals surface area contributed by atoms with E-state index in [1.54, 1.807) is 0 Å². The molecule has 0 unspecified atom stereocenters. The van der Waals surface area contributed by atoms with Crippen molar-refractivity contribution >= 4 is 11.4 Å². The van der Waals surface area contributed by atoms with Crippen molar-refractivity contribution in [2.24, 2.45) is 0 Å². The lowest BCUT2D eigenvalue weighted by atomic mass is 9.82. The molecule has 15 heavy (non-hydrogen) atoms. The van der Waals surface area contributed by atoms with Gasteiger partial charge in [0.1, 0.15) is 7.05 Å². The van der Waals surface area contributed by atoms with Crippen LogP contribution in [0.3, 0.4) is 0 Å². The molecule has 1 aliphatic rings. The number of para-hydroxylation sites is 1. The van der Waals surface area contributed by atoms with Crippen LogP contribution in [-0.2, 0) is 5.41 Å². The number of hydrogen-bond acceptors (Lipinski definition) is 0. The number of rotatable bonds is 0. The summed E-state index contributed by atoms with van der Waals surface area (Å²) in [4.78, 5) is 0. The van der Waals surface area contributed by atoms with Crippen molar-refractivity contribution in [3.63, 3.8) is 0 Å². The van der Waals surface area contributed by atoms with Gasteiger partial charge in [0.15, 0.2) is 5.71 Å². The standard InChI is InChI=1S/C12H16N.C2H6/c1-9-12(2,3)10-7-5-6-8-11(10)13(9)4;1-2/h5-8H,1-4H3;1-2H3/q+1;. The molecule has 0 atom stereocenters. The van der Waals surface area contributed by atoms with Crippen LogP contribution in [0.1, 0.15) is 40.2 Å². The van der Waals surface area contributed by atoms with Crippen LogP contribution in [0.15, 0.2) is 24.3 Å². The fraction of sp³-hybridized carbons (Fsp3) is 0.500. The topological polar surface area (TPSA) is 3.01 Å². The molecule has 0 fully saturated rings. The van der Waals surface area contributed by atoms with Gasteiger partial charge in [0.05, 0.1) is 5.41 Å². The van der Waals surface area contributed by atoms with Crippen LogP contribution in [0, 0.1) is 0 Å². The predicted molar refractivity (Wildman–Crippen MR) is 67.3 cm³/mol. The molecule has 0 N–H and O–H groups in total. The Hall–Kier alpha value is -1.11. The van der Waals surface area contributed by atoms with E-state index >= 15 is 0 Å². The fourth-order valence-electron chi connectivity index (χ4n) is 2.09. The van der Waals surface area contributed by atoms with Gasteiger partial charge in [0.2, 0.25) is 5.69 Å². The largest absolute Gasteiger partial charge is 0.209 e. The van der Waals surface area contributed by atoms with E-state index in [4.69, 9.17) is 0 Å². The Kier molecular flexibility index (Phi) is 3.33. The maximum atomic E-state index is 2.29. The second kappa shape index (κ2) is 4.18. The van der Waals surface area contributed by atoms with Gasteiger partial charge in [-0.3, -0.25) is 0 Å². The molecule has 1 heterocycles. The normalized spacial score (nSPS) is 16.9. The average molecular weight is 204 g/mol. The number of benzene rings is 1. The molecule has 82 valence electrons. The van der Waals surface area contributed by atoms with Crippen molar-refractivity contribution in [2.75, 3.05) is 7.05 Å². The SMILES string of the molecule is CC.CC1=[N+](C)c2ccccc2C1(C)C. The molecular weight excluding hydrogens is 182 g/mol. The van der Waals surface area contributed by atoms with Crippen LogP contribution in [0.2, 0.25) is 0 Å². The Morgan fingerprint density at radius 3 is 2.13 bits per heavy atom. The maximum Gasteiger partial charge on any atom is 0.209 e. The van der Waals surface area contributed by atoms with Crippen molar-refractivity contribution in [1.82, 2.24) is 0 Å². The molecule has 0 saturated heterocycles. The van der Waals surface area contributed by atoms with Gasteiger partial charge in [-0.2, -0.15) is 0 Å². The molecule has 0 bridgehead atoms. The molecule has 0 aromatic heterocycles. The van der Waals surface area contributed by atoms with Crippen LogP contribution in [0.4, 0.5) is 5.69 Å². The molecule has 0 saturated carbocycles. The van der Waals surface area contributed by atoms with Gasteiger partial charge >= 0.3 is 0 Å². The summed E-state index contributed by atoms with van der Waals surface area (Å²) >= 11 is 0. The highest BCUT2D eigenvalue weighted by molar-refractivity contribution is 5.93. The van der Waals surface area contributed by atoms with Gasteiger partial charge in [-0.05, 0) is 13.8 Å². The number of nitrogens with zero attached hydrogens (tertiary/aromatic N) is 1. The van der Waals surface area contributed by atoms with Gasteiger partial charge in [-0.25, -0.2) is 4.58 Å². The summed E-state index contributed by atoms with van der Waals surface area (Å²) in [7, 11) is 2.14. The van der Waals surface area contributed by atoms with Gasteiger partial charge in [0, 0.05) is 18.6 Å². The quantitative estimate of drug-likeness (QED) is 0.566. The van der Waals surface area contributed by atoms with Gasteiger partial charge < -0.3 is 0 Å². The van der Waals surface area contributed by atoms with E-state index in [1.807, 2.05) is 13.8 Å². The third-order valence-corrected chi connectivity index (χ3v) is 3.35. The minimum atomic E-state index is 0.200. The lowest BCUT2D eigenvalue weighted by Crippen LogP contribution is -2.25. The Bertz CT molecular complexity index is 386. The molecule has 1 nitrogen and oxygen atoms in total. The summed E-state index contributed by atoms with van der Waals surface area (Å²) in [6.07, 6.45) is 0. The molecule has 0 aliphatic carbocycles. The first-order valence-electron chi connectivity index (χ1n) is 5.72. The smallest absolute Gasteiger partial charge is 0.202 e. The lowest BCUT2D eigenvalue weighted by molar-refractivity contribution is -0.403. The highest BCUT2D eigenvalue weighted by Gasteiger charge is 2.40. The van der Waals surface area contributed by atoms with Crippen molar-refractivity contribution in [3.8, 4) is 0 Å². The molecule has 1 aromatic carbocycles. The summed E-state index contributed by atoms with van der Waals surface area (Å²) in [6, 6.07) is 8.63. The zero-order chi connectivity index (χ0) is 11.6. The van der Waals surface area contributed by atoms with Crippen molar-refractivity contribution < 1.29 is 4.58 Å². The van der Waals surface area contributed by atoms with E-state index in [-0.39, 0.29) is 5.41 Å². The highest BCUT2D eigenvalue weighted by atomic mass is 15.0.